The molecular formula is C18H34. The molecule has 0 bridgehead atoms. The minimum atomic E-state index is 0.538. The molecule has 0 saturated heterocycles. The largest absolute Gasteiger partial charge is 0.0599 e. The van der Waals surface area contributed by atoms with Gasteiger partial charge in [0, 0.05) is 0 Å². The fourth-order valence-electron chi connectivity index (χ4n) is 4.46. The van der Waals surface area contributed by atoms with Gasteiger partial charge in [-0.3, -0.25) is 0 Å². The summed E-state index contributed by atoms with van der Waals surface area (Å²) in [5.74, 6) is 4.08. The first kappa shape index (κ1) is 14.4. The maximum absolute atomic E-state index is 2.44. The van der Waals surface area contributed by atoms with Crippen molar-refractivity contribution in [1.82, 2.24) is 0 Å². The smallest absolute Gasteiger partial charge is 0.0354 e. The molecule has 2 fully saturated rings. The Kier molecular flexibility index (Phi) is 3.87. The van der Waals surface area contributed by atoms with Gasteiger partial charge in [0.15, 0.2) is 0 Å². The Morgan fingerprint density at radius 3 is 1.11 bits per heavy atom. The molecule has 0 N–H and O–H groups in total. The number of hydrogen-bond donors (Lipinski definition) is 0. The zero-order valence-corrected chi connectivity index (χ0v) is 13.6. The van der Waals surface area contributed by atoms with Crippen LogP contribution in [0.25, 0.3) is 0 Å². The Bertz CT molecular complexity index is 245. The highest BCUT2D eigenvalue weighted by atomic mass is 14.5. The van der Waals surface area contributed by atoms with Crippen LogP contribution in [0.2, 0.25) is 0 Å². The van der Waals surface area contributed by atoms with Gasteiger partial charge in [-0.2, -0.15) is 0 Å². The van der Waals surface area contributed by atoms with Gasteiger partial charge in [0.25, 0.3) is 0 Å². The quantitative estimate of drug-likeness (QED) is 0.542. The van der Waals surface area contributed by atoms with E-state index in [1.165, 1.54) is 38.5 Å². The maximum Gasteiger partial charge on any atom is -0.0354 e. The third-order valence-electron chi connectivity index (χ3n) is 6.06. The van der Waals surface area contributed by atoms with Gasteiger partial charge in [-0.25, -0.2) is 0 Å². The van der Waals surface area contributed by atoms with Crippen LogP contribution in [-0.2, 0) is 0 Å². The summed E-state index contributed by atoms with van der Waals surface area (Å²) in [6, 6.07) is 0. The molecule has 0 spiro atoms. The fraction of sp³-hybridized carbons (Fsp3) is 1.00. The van der Waals surface area contributed by atoms with E-state index < -0.39 is 0 Å². The van der Waals surface area contributed by atoms with Crippen LogP contribution in [0.5, 0.6) is 0 Å². The Morgan fingerprint density at radius 1 is 0.556 bits per heavy atom. The molecule has 0 amide bonds. The van der Waals surface area contributed by atoms with E-state index in [0.717, 1.165) is 23.7 Å². The van der Waals surface area contributed by atoms with Crippen molar-refractivity contribution >= 4 is 0 Å². The van der Waals surface area contributed by atoms with Crippen molar-refractivity contribution in [2.45, 2.75) is 80.1 Å². The molecule has 0 heteroatoms. The van der Waals surface area contributed by atoms with Crippen molar-refractivity contribution in [3.8, 4) is 0 Å². The predicted octanol–water partition coefficient (Wildman–Crippen LogP) is 5.91. The van der Waals surface area contributed by atoms with Crippen molar-refractivity contribution in [3.63, 3.8) is 0 Å². The summed E-state index contributed by atoms with van der Waals surface area (Å²) < 4.78 is 0. The number of rotatable bonds is 1. The highest BCUT2D eigenvalue weighted by molar-refractivity contribution is 4.91. The first-order valence-electron chi connectivity index (χ1n) is 8.18. The molecule has 0 aromatic heterocycles. The van der Waals surface area contributed by atoms with Crippen molar-refractivity contribution < 1.29 is 0 Å². The molecule has 4 unspecified atom stereocenters. The number of hydrogen-bond acceptors (Lipinski definition) is 0. The molecule has 106 valence electrons. The Hall–Kier alpha value is 0. The average molecular weight is 250 g/mol. The Labute approximate surface area is 115 Å². The lowest BCUT2D eigenvalue weighted by atomic mass is 9.76. The van der Waals surface area contributed by atoms with Crippen molar-refractivity contribution in [2.24, 2.45) is 34.5 Å². The maximum atomic E-state index is 2.44. The average Bonchev–Trinajstić information content (AvgIpc) is 2.84. The second kappa shape index (κ2) is 4.84. The summed E-state index contributed by atoms with van der Waals surface area (Å²) in [6.45, 7) is 14.6. The van der Waals surface area contributed by atoms with Crippen LogP contribution in [0, 0.1) is 34.5 Å². The second-order valence-corrected chi connectivity index (χ2v) is 9.27. The van der Waals surface area contributed by atoms with Gasteiger partial charge in [0.1, 0.15) is 0 Å². The van der Waals surface area contributed by atoms with Crippen molar-refractivity contribution in [2.75, 3.05) is 0 Å². The molecule has 4 atom stereocenters. The van der Waals surface area contributed by atoms with Crippen molar-refractivity contribution in [3.05, 3.63) is 0 Å². The van der Waals surface area contributed by atoms with Gasteiger partial charge >= 0.3 is 0 Å². The monoisotopic (exact) mass is 250 g/mol. The summed E-state index contributed by atoms with van der Waals surface area (Å²) in [5, 5.41) is 0. The van der Waals surface area contributed by atoms with Gasteiger partial charge in [0.05, 0.1) is 0 Å². The molecule has 0 aromatic carbocycles. The zero-order valence-electron chi connectivity index (χ0n) is 13.6. The van der Waals surface area contributed by atoms with E-state index in [-0.39, 0.29) is 0 Å². The van der Waals surface area contributed by atoms with Gasteiger partial charge in [-0.05, 0) is 73.0 Å². The SMILES string of the molecule is CC(C)(C)C1CCC(C2CCC(C(C)(C)C)C2)C1. The van der Waals surface area contributed by atoms with E-state index in [0.29, 0.717) is 10.8 Å². The first-order valence-corrected chi connectivity index (χ1v) is 8.18. The lowest BCUT2D eigenvalue weighted by Gasteiger charge is -2.29. The molecule has 0 nitrogen and oxygen atoms in total. The molecule has 2 saturated carbocycles. The van der Waals surface area contributed by atoms with Crippen LogP contribution >= 0.6 is 0 Å². The zero-order chi connectivity index (χ0) is 13.6. The Morgan fingerprint density at radius 2 is 0.889 bits per heavy atom. The van der Waals surface area contributed by atoms with E-state index in [4.69, 9.17) is 0 Å². The highest BCUT2D eigenvalue weighted by Gasteiger charge is 2.41. The minimum Gasteiger partial charge on any atom is -0.0599 e. The first-order chi connectivity index (χ1) is 8.18. The molecule has 0 aromatic rings. The summed E-state index contributed by atoms with van der Waals surface area (Å²) >= 11 is 0. The molecule has 18 heavy (non-hydrogen) atoms. The van der Waals surface area contributed by atoms with Crippen molar-refractivity contribution in [1.29, 1.82) is 0 Å². The van der Waals surface area contributed by atoms with Gasteiger partial charge < -0.3 is 0 Å². The van der Waals surface area contributed by atoms with E-state index in [9.17, 15) is 0 Å². The standard InChI is InChI=1S/C18H34/c1-17(2,3)15-9-7-13(11-15)14-8-10-16(12-14)18(4,5)6/h13-16H,7-12H2,1-6H3. The van der Waals surface area contributed by atoms with Crippen LogP contribution in [-0.4, -0.2) is 0 Å². The summed E-state index contributed by atoms with van der Waals surface area (Å²) in [7, 11) is 0. The van der Waals surface area contributed by atoms with E-state index in [2.05, 4.69) is 41.5 Å². The van der Waals surface area contributed by atoms with Crippen LogP contribution < -0.4 is 0 Å². The summed E-state index contributed by atoms with van der Waals surface area (Å²) in [4.78, 5) is 0. The molecule has 2 aliphatic rings. The molecule has 0 aliphatic heterocycles. The van der Waals surface area contributed by atoms with E-state index in [1.807, 2.05) is 0 Å². The summed E-state index contributed by atoms with van der Waals surface area (Å²) in [6.07, 6.45) is 9.05. The van der Waals surface area contributed by atoms with Gasteiger partial charge in [0.2, 0.25) is 0 Å². The molecule has 0 heterocycles. The molecule has 0 radical (unpaired) electrons. The molecule has 2 rings (SSSR count). The van der Waals surface area contributed by atoms with Crippen LogP contribution in [0.15, 0.2) is 0 Å². The molecule has 2 aliphatic carbocycles. The lowest BCUT2D eigenvalue weighted by molar-refractivity contribution is 0.209. The van der Waals surface area contributed by atoms with E-state index in [1.54, 1.807) is 0 Å². The van der Waals surface area contributed by atoms with Crippen LogP contribution in [0.1, 0.15) is 80.1 Å². The topological polar surface area (TPSA) is 0 Å². The highest BCUT2D eigenvalue weighted by Crippen LogP contribution is 2.51. The third kappa shape index (κ3) is 3.11. The van der Waals surface area contributed by atoms with Crippen LogP contribution in [0.3, 0.4) is 0 Å². The summed E-state index contributed by atoms with van der Waals surface area (Å²) in [5.41, 5.74) is 1.08. The normalized spacial score (nSPS) is 38.3. The predicted molar refractivity (Wildman–Crippen MR) is 80.6 cm³/mol. The van der Waals surface area contributed by atoms with Gasteiger partial charge in [-0.1, -0.05) is 41.5 Å². The fourth-order valence-corrected chi connectivity index (χ4v) is 4.46. The minimum absolute atomic E-state index is 0.538. The second-order valence-electron chi connectivity index (χ2n) is 9.27. The van der Waals surface area contributed by atoms with Crippen LogP contribution in [0.4, 0.5) is 0 Å². The van der Waals surface area contributed by atoms with E-state index >= 15 is 0 Å². The Balaban J connectivity index is 1.89. The molecular weight excluding hydrogens is 216 g/mol. The lowest BCUT2D eigenvalue weighted by Crippen LogP contribution is -2.20. The third-order valence-corrected chi connectivity index (χ3v) is 6.06. The van der Waals surface area contributed by atoms with Gasteiger partial charge in [-0.15, -0.1) is 0 Å².